The van der Waals surface area contributed by atoms with Gasteiger partial charge in [-0.1, -0.05) is 88.4 Å². The van der Waals surface area contributed by atoms with Crippen LogP contribution in [-0.2, 0) is 10.8 Å². The number of ether oxygens (including phenoxy) is 2. The summed E-state index contributed by atoms with van der Waals surface area (Å²) in [6, 6.07) is 39.1. The van der Waals surface area contributed by atoms with Gasteiger partial charge in [0.1, 0.15) is 40.2 Å². The van der Waals surface area contributed by atoms with Crippen molar-refractivity contribution < 1.29 is 24.8 Å². The molecule has 0 amide bonds. The number of hydrogen-bond donors (Lipinski definition) is 3. The first-order valence-electron chi connectivity index (χ1n) is 17.6. The summed E-state index contributed by atoms with van der Waals surface area (Å²) in [6.45, 7) is 19.0. The first-order valence-corrected chi connectivity index (χ1v) is 17.6. The molecule has 0 spiro atoms. The molecular formula is C47H50O5. The SMILES string of the molecule is Cc1cc(Oc2cccc(Oc3ccc(O)c(C)c3)c2)ccc1O.Cc1ccc(C(C)(C)c2cccc(C(C)(C)c3ccc(O)c(C)c3)c2)cc1C. The first-order chi connectivity index (χ1) is 24.5. The summed E-state index contributed by atoms with van der Waals surface area (Å²) < 4.78 is 11.6. The lowest BCUT2D eigenvalue weighted by Gasteiger charge is -2.31. The second kappa shape index (κ2) is 15.3. The molecule has 0 aliphatic heterocycles. The average Bonchev–Trinajstić information content (AvgIpc) is 3.11. The highest BCUT2D eigenvalue weighted by molar-refractivity contribution is 5.48. The lowest BCUT2D eigenvalue weighted by atomic mass is 9.73. The molecule has 0 aliphatic carbocycles. The van der Waals surface area contributed by atoms with Crippen LogP contribution in [0, 0.1) is 34.6 Å². The van der Waals surface area contributed by atoms with E-state index in [1.54, 1.807) is 48.5 Å². The second-order valence-electron chi connectivity index (χ2n) is 14.7. The van der Waals surface area contributed by atoms with Crippen molar-refractivity contribution in [1.82, 2.24) is 0 Å². The van der Waals surface area contributed by atoms with Crippen LogP contribution in [0.15, 0.2) is 121 Å². The summed E-state index contributed by atoms with van der Waals surface area (Å²) in [7, 11) is 0. The predicted octanol–water partition coefficient (Wildman–Crippen LogP) is 12.3. The Hall–Kier alpha value is -5.68. The highest BCUT2D eigenvalue weighted by Gasteiger charge is 2.28. The number of phenols is 3. The number of rotatable bonds is 8. The Bertz CT molecular complexity index is 2050. The van der Waals surface area contributed by atoms with Gasteiger partial charge >= 0.3 is 0 Å². The maximum absolute atomic E-state index is 9.90. The first kappa shape index (κ1) is 37.6. The Morgan fingerprint density at radius 2 is 0.712 bits per heavy atom. The van der Waals surface area contributed by atoms with Crippen LogP contribution < -0.4 is 9.47 Å². The van der Waals surface area contributed by atoms with Gasteiger partial charge in [0.05, 0.1) is 0 Å². The van der Waals surface area contributed by atoms with E-state index in [4.69, 9.17) is 9.47 Å². The van der Waals surface area contributed by atoms with E-state index >= 15 is 0 Å². The standard InChI is InChI=1S/C27H32O.C20H18O4/c1-18-11-12-23(15-19(18)2)26(4,5)21-9-8-10-22(17-21)27(6,7)24-13-14-25(28)20(3)16-24;1-13-10-17(6-8-19(13)21)23-15-4-3-5-16(12-15)24-18-7-9-20(22)14(2)11-18/h8-17,28H,1-7H3;3-12,21-22H,1-2H3. The zero-order chi connectivity index (χ0) is 37.8. The number of aromatic hydroxyl groups is 3. The van der Waals surface area contributed by atoms with Gasteiger partial charge in [-0.2, -0.15) is 0 Å². The number of hydrogen-bond acceptors (Lipinski definition) is 5. The van der Waals surface area contributed by atoms with Crippen LogP contribution >= 0.6 is 0 Å². The van der Waals surface area contributed by atoms with Crippen molar-refractivity contribution in [2.24, 2.45) is 0 Å². The summed E-state index contributed by atoms with van der Waals surface area (Å²) in [6.07, 6.45) is 0. The van der Waals surface area contributed by atoms with Gasteiger partial charge in [0.15, 0.2) is 0 Å². The Morgan fingerprint density at radius 3 is 1.15 bits per heavy atom. The van der Waals surface area contributed by atoms with E-state index in [1.165, 1.54) is 33.4 Å². The largest absolute Gasteiger partial charge is 0.508 e. The molecule has 0 aliphatic rings. The maximum Gasteiger partial charge on any atom is 0.131 e. The molecule has 6 aromatic carbocycles. The molecule has 6 aromatic rings. The Labute approximate surface area is 308 Å². The van der Waals surface area contributed by atoms with Gasteiger partial charge in [0.25, 0.3) is 0 Å². The normalized spacial score (nSPS) is 11.4. The van der Waals surface area contributed by atoms with E-state index in [0.717, 1.165) is 16.7 Å². The highest BCUT2D eigenvalue weighted by atomic mass is 16.5. The molecule has 0 atom stereocenters. The van der Waals surface area contributed by atoms with Crippen LogP contribution in [0.2, 0.25) is 0 Å². The van der Waals surface area contributed by atoms with Crippen molar-refractivity contribution in [3.63, 3.8) is 0 Å². The molecule has 52 heavy (non-hydrogen) atoms. The molecule has 0 saturated heterocycles. The zero-order valence-corrected chi connectivity index (χ0v) is 31.7. The Morgan fingerprint density at radius 1 is 0.346 bits per heavy atom. The zero-order valence-electron chi connectivity index (χ0n) is 31.7. The van der Waals surface area contributed by atoms with Gasteiger partial charge < -0.3 is 24.8 Å². The smallest absolute Gasteiger partial charge is 0.131 e. The van der Waals surface area contributed by atoms with E-state index in [1.807, 2.05) is 45.0 Å². The van der Waals surface area contributed by atoms with Crippen molar-refractivity contribution >= 4 is 0 Å². The Balaban J connectivity index is 0.000000203. The van der Waals surface area contributed by atoms with Crippen LogP contribution in [0.25, 0.3) is 0 Å². The third-order valence-corrected chi connectivity index (χ3v) is 10.1. The van der Waals surface area contributed by atoms with Crippen molar-refractivity contribution in [3.8, 4) is 40.2 Å². The van der Waals surface area contributed by atoms with Crippen molar-refractivity contribution in [2.45, 2.75) is 73.1 Å². The van der Waals surface area contributed by atoms with Crippen LogP contribution in [-0.4, -0.2) is 15.3 Å². The topological polar surface area (TPSA) is 79.2 Å². The number of phenolic OH excluding ortho intramolecular Hbond substituents is 3. The molecule has 0 heterocycles. The lowest BCUT2D eigenvalue weighted by molar-refractivity contribution is 0.449. The van der Waals surface area contributed by atoms with E-state index < -0.39 is 0 Å². The summed E-state index contributed by atoms with van der Waals surface area (Å²) >= 11 is 0. The maximum atomic E-state index is 9.90. The van der Waals surface area contributed by atoms with Gasteiger partial charge in [-0.05, 0) is 139 Å². The van der Waals surface area contributed by atoms with Crippen LogP contribution in [0.5, 0.6) is 40.2 Å². The van der Waals surface area contributed by atoms with Crippen LogP contribution in [0.1, 0.15) is 77.8 Å². The summed E-state index contributed by atoms with van der Waals surface area (Å²) in [5, 5.41) is 29.0. The molecule has 6 rings (SSSR count). The fourth-order valence-corrected chi connectivity index (χ4v) is 6.06. The molecule has 0 radical (unpaired) electrons. The minimum absolute atomic E-state index is 0.0740. The van der Waals surface area contributed by atoms with E-state index in [2.05, 4.69) is 90.1 Å². The van der Waals surface area contributed by atoms with E-state index in [-0.39, 0.29) is 22.3 Å². The molecular weight excluding hydrogens is 645 g/mol. The molecule has 5 heteroatoms. The van der Waals surface area contributed by atoms with Crippen LogP contribution in [0.3, 0.4) is 0 Å². The highest BCUT2D eigenvalue weighted by Crippen LogP contribution is 2.38. The molecule has 5 nitrogen and oxygen atoms in total. The number of benzene rings is 6. The minimum Gasteiger partial charge on any atom is -0.508 e. The molecule has 0 aromatic heterocycles. The summed E-state index contributed by atoms with van der Waals surface area (Å²) in [5.74, 6) is 3.38. The fraction of sp³-hybridized carbons (Fsp3) is 0.234. The average molecular weight is 695 g/mol. The third kappa shape index (κ3) is 8.60. The molecule has 0 unspecified atom stereocenters. The second-order valence-corrected chi connectivity index (χ2v) is 14.7. The van der Waals surface area contributed by atoms with Gasteiger partial charge in [0.2, 0.25) is 0 Å². The predicted molar refractivity (Wildman–Crippen MR) is 212 cm³/mol. The van der Waals surface area contributed by atoms with E-state index in [9.17, 15) is 15.3 Å². The van der Waals surface area contributed by atoms with Crippen LogP contribution in [0.4, 0.5) is 0 Å². The van der Waals surface area contributed by atoms with Crippen molar-refractivity contribution in [1.29, 1.82) is 0 Å². The lowest BCUT2D eigenvalue weighted by Crippen LogP contribution is -2.23. The molecule has 0 bridgehead atoms. The molecule has 0 saturated carbocycles. The minimum atomic E-state index is -0.145. The Kier molecular flexibility index (Phi) is 11.0. The third-order valence-electron chi connectivity index (χ3n) is 10.1. The monoisotopic (exact) mass is 694 g/mol. The van der Waals surface area contributed by atoms with Gasteiger partial charge in [-0.25, -0.2) is 0 Å². The van der Waals surface area contributed by atoms with E-state index in [0.29, 0.717) is 28.7 Å². The number of aryl methyl sites for hydroxylation is 5. The summed E-state index contributed by atoms with van der Waals surface area (Å²) in [5.41, 5.74) is 10.0. The van der Waals surface area contributed by atoms with Gasteiger partial charge in [0, 0.05) is 16.9 Å². The quantitative estimate of drug-likeness (QED) is 0.148. The van der Waals surface area contributed by atoms with Crippen molar-refractivity contribution in [2.75, 3.05) is 0 Å². The van der Waals surface area contributed by atoms with Gasteiger partial charge in [-0.3, -0.25) is 0 Å². The fourth-order valence-electron chi connectivity index (χ4n) is 6.06. The summed E-state index contributed by atoms with van der Waals surface area (Å²) in [4.78, 5) is 0. The van der Waals surface area contributed by atoms with Gasteiger partial charge in [-0.15, -0.1) is 0 Å². The molecule has 3 N–H and O–H groups in total. The molecule has 268 valence electrons. The van der Waals surface area contributed by atoms with Crippen molar-refractivity contribution in [3.05, 3.63) is 171 Å². The molecule has 0 fully saturated rings.